The van der Waals surface area contributed by atoms with Crippen molar-refractivity contribution < 1.29 is 0 Å². The van der Waals surface area contributed by atoms with E-state index in [1.165, 1.54) is 12.8 Å². The van der Waals surface area contributed by atoms with Crippen molar-refractivity contribution in [1.29, 1.82) is 0 Å². The van der Waals surface area contributed by atoms with Crippen molar-refractivity contribution in [3.63, 3.8) is 0 Å². The van der Waals surface area contributed by atoms with Crippen LogP contribution in [0.25, 0.3) is 22.3 Å². The second-order valence-electron chi connectivity index (χ2n) is 5.27. The third-order valence-corrected chi connectivity index (χ3v) is 5.13. The Kier molecular flexibility index (Phi) is 3.12. The highest BCUT2D eigenvalue weighted by atomic mass is 79.9. The predicted molar refractivity (Wildman–Crippen MR) is 89.8 cm³/mol. The van der Waals surface area contributed by atoms with Crippen LogP contribution in [0.2, 0.25) is 0 Å². The van der Waals surface area contributed by atoms with E-state index in [9.17, 15) is 0 Å². The van der Waals surface area contributed by atoms with Crippen LogP contribution in [0.1, 0.15) is 24.5 Å². The molecule has 104 valence electrons. The van der Waals surface area contributed by atoms with Crippen molar-refractivity contribution >= 4 is 38.9 Å². The summed E-state index contributed by atoms with van der Waals surface area (Å²) in [4.78, 5) is 12.5. The van der Waals surface area contributed by atoms with Gasteiger partial charge in [0.2, 0.25) is 0 Å². The topological polar surface area (TPSA) is 41.6 Å². The van der Waals surface area contributed by atoms with Crippen LogP contribution >= 0.6 is 28.1 Å². The van der Waals surface area contributed by atoms with E-state index in [0.29, 0.717) is 10.6 Å². The van der Waals surface area contributed by atoms with Crippen LogP contribution in [0.4, 0.5) is 0 Å². The Morgan fingerprint density at radius 2 is 2.00 bits per heavy atom. The van der Waals surface area contributed by atoms with Gasteiger partial charge in [0.05, 0.1) is 4.47 Å². The van der Waals surface area contributed by atoms with Crippen LogP contribution in [-0.2, 0) is 0 Å². The van der Waals surface area contributed by atoms with Gasteiger partial charge >= 0.3 is 0 Å². The molecule has 4 rings (SSSR count). The minimum Gasteiger partial charge on any atom is -0.340 e. The average Bonchev–Trinajstić information content (AvgIpc) is 3.34. The molecular weight excluding hydrogens is 346 g/mol. The van der Waals surface area contributed by atoms with Gasteiger partial charge in [-0.25, -0.2) is 4.98 Å². The van der Waals surface area contributed by atoms with Crippen molar-refractivity contribution in [3.05, 3.63) is 51.3 Å². The molecule has 1 aliphatic rings. The molecule has 1 N–H and O–H groups in total. The predicted octanol–water partition coefficient (Wildman–Crippen LogP) is 4.99. The highest BCUT2D eigenvalue weighted by Crippen LogP contribution is 2.43. The summed E-state index contributed by atoms with van der Waals surface area (Å²) in [6, 6.07) is 10.2. The molecule has 5 heteroatoms. The van der Waals surface area contributed by atoms with Gasteiger partial charge < -0.3 is 4.98 Å². The summed E-state index contributed by atoms with van der Waals surface area (Å²) in [6.07, 6.45) is 4.22. The SMILES string of the molecule is S=c1nc(-c2nccc3ccccc23)[nH]c(C2CC2)c1Br. The second kappa shape index (κ2) is 5.00. The molecule has 1 aliphatic carbocycles. The summed E-state index contributed by atoms with van der Waals surface area (Å²) in [6.45, 7) is 0. The van der Waals surface area contributed by atoms with E-state index in [0.717, 1.165) is 32.5 Å². The van der Waals surface area contributed by atoms with Gasteiger partial charge in [-0.05, 0) is 40.2 Å². The fourth-order valence-electron chi connectivity index (χ4n) is 2.55. The number of H-pyrrole nitrogens is 1. The van der Waals surface area contributed by atoms with Gasteiger partial charge in [-0.15, -0.1) is 0 Å². The Balaban J connectivity index is 1.99. The van der Waals surface area contributed by atoms with Crippen molar-refractivity contribution in [1.82, 2.24) is 15.0 Å². The molecule has 0 amide bonds. The largest absolute Gasteiger partial charge is 0.340 e. The standard InChI is InChI=1S/C16H12BrN3S/c17-12-13(10-5-6-10)19-15(20-16(12)21)14-11-4-2-1-3-9(11)7-8-18-14/h1-4,7-8,10H,5-6H2,(H,19,20,21). The zero-order valence-electron chi connectivity index (χ0n) is 11.1. The lowest BCUT2D eigenvalue weighted by atomic mass is 10.1. The van der Waals surface area contributed by atoms with Crippen molar-refractivity contribution in [2.45, 2.75) is 18.8 Å². The number of rotatable bonds is 2. The van der Waals surface area contributed by atoms with Crippen molar-refractivity contribution in [2.24, 2.45) is 0 Å². The van der Waals surface area contributed by atoms with Gasteiger partial charge in [0, 0.05) is 23.2 Å². The zero-order valence-corrected chi connectivity index (χ0v) is 13.5. The molecule has 0 spiro atoms. The molecule has 0 unspecified atom stereocenters. The van der Waals surface area contributed by atoms with E-state index in [-0.39, 0.29) is 0 Å². The van der Waals surface area contributed by atoms with E-state index >= 15 is 0 Å². The van der Waals surface area contributed by atoms with E-state index in [2.05, 4.69) is 43.0 Å². The first-order valence-corrected chi connectivity index (χ1v) is 8.08. The summed E-state index contributed by atoms with van der Waals surface area (Å²) < 4.78 is 1.52. The van der Waals surface area contributed by atoms with Crippen LogP contribution in [0.3, 0.4) is 0 Å². The van der Waals surface area contributed by atoms with Crippen LogP contribution < -0.4 is 0 Å². The molecule has 0 saturated heterocycles. The van der Waals surface area contributed by atoms with Gasteiger partial charge in [0.15, 0.2) is 5.82 Å². The van der Waals surface area contributed by atoms with Crippen LogP contribution in [-0.4, -0.2) is 15.0 Å². The summed E-state index contributed by atoms with van der Waals surface area (Å²) in [5.41, 5.74) is 2.01. The van der Waals surface area contributed by atoms with E-state index in [1.54, 1.807) is 0 Å². The Bertz CT molecular complexity index is 894. The lowest BCUT2D eigenvalue weighted by Gasteiger charge is -2.09. The van der Waals surface area contributed by atoms with Gasteiger partial charge in [-0.2, -0.15) is 0 Å². The van der Waals surface area contributed by atoms with Crippen LogP contribution in [0.15, 0.2) is 41.0 Å². The lowest BCUT2D eigenvalue weighted by molar-refractivity contribution is 0.968. The maximum atomic E-state index is 5.39. The number of pyridine rings is 1. The number of aromatic nitrogens is 3. The summed E-state index contributed by atoms with van der Waals surface area (Å²) >= 11 is 8.95. The normalized spacial score (nSPS) is 14.5. The molecule has 0 atom stereocenters. The quantitative estimate of drug-likeness (QED) is 0.656. The summed E-state index contributed by atoms with van der Waals surface area (Å²) in [5.74, 6) is 1.32. The van der Waals surface area contributed by atoms with E-state index < -0.39 is 0 Å². The third kappa shape index (κ3) is 2.30. The van der Waals surface area contributed by atoms with Crippen molar-refractivity contribution in [2.75, 3.05) is 0 Å². The molecule has 2 heterocycles. The third-order valence-electron chi connectivity index (χ3n) is 3.77. The lowest BCUT2D eigenvalue weighted by Crippen LogP contribution is -1.99. The Hall–Kier alpha value is -1.59. The summed E-state index contributed by atoms with van der Waals surface area (Å²) in [5, 5.41) is 2.24. The van der Waals surface area contributed by atoms with E-state index in [1.807, 2.05) is 24.4 Å². The number of aromatic amines is 1. The maximum Gasteiger partial charge on any atom is 0.158 e. The Morgan fingerprint density at radius 3 is 2.81 bits per heavy atom. The number of nitrogens with one attached hydrogen (secondary N) is 1. The highest BCUT2D eigenvalue weighted by Gasteiger charge is 2.28. The van der Waals surface area contributed by atoms with Crippen LogP contribution in [0.5, 0.6) is 0 Å². The second-order valence-corrected chi connectivity index (χ2v) is 6.45. The van der Waals surface area contributed by atoms with Gasteiger partial charge in [0.1, 0.15) is 10.3 Å². The zero-order chi connectivity index (χ0) is 14.4. The minimum absolute atomic E-state index is 0.567. The number of halogens is 1. The fraction of sp³-hybridized carbons (Fsp3) is 0.188. The monoisotopic (exact) mass is 357 g/mol. The smallest absolute Gasteiger partial charge is 0.158 e. The molecule has 3 nitrogen and oxygen atoms in total. The molecule has 21 heavy (non-hydrogen) atoms. The molecule has 0 bridgehead atoms. The first-order chi connectivity index (χ1) is 10.2. The Morgan fingerprint density at radius 1 is 1.19 bits per heavy atom. The maximum absolute atomic E-state index is 5.39. The number of nitrogens with zero attached hydrogens (tertiary/aromatic N) is 2. The van der Waals surface area contributed by atoms with Crippen LogP contribution in [0, 0.1) is 4.64 Å². The first kappa shape index (κ1) is 13.1. The van der Waals surface area contributed by atoms with Crippen molar-refractivity contribution in [3.8, 4) is 11.5 Å². The van der Waals surface area contributed by atoms with Gasteiger partial charge in [0.25, 0.3) is 0 Å². The number of hydrogen-bond donors (Lipinski definition) is 1. The fourth-order valence-corrected chi connectivity index (χ4v) is 3.26. The highest BCUT2D eigenvalue weighted by molar-refractivity contribution is 9.10. The molecule has 3 aromatic rings. The average molecular weight is 358 g/mol. The van der Waals surface area contributed by atoms with Gasteiger partial charge in [-0.1, -0.05) is 36.5 Å². The molecule has 2 aromatic heterocycles. The Labute approximate surface area is 135 Å². The number of fused-ring (bicyclic) bond motifs is 1. The molecular formula is C16H12BrN3S. The number of hydrogen-bond acceptors (Lipinski definition) is 3. The minimum atomic E-state index is 0.567. The van der Waals surface area contributed by atoms with Gasteiger partial charge in [-0.3, -0.25) is 4.98 Å². The first-order valence-electron chi connectivity index (χ1n) is 6.88. The molecule has 0 aliphatic heterocycles. The van der Waals surface area contributed by atoms with E-state index in [4.69, 9.17) is 12.2 Å². The number of benzene rings is 1. The summed E-state index contributed by atoms with van der Waals surface area (Å²) in [7, 11) is 0. The molecule has 1 aromatic carbocycles. The molecule has 1 fully saturated rings. The molecule has 1 saturated carbocycles. The molecule has 0 radical (unpaired) electrons.